The minimum absolute atomic E-state index is 0.0581. The molecule has 2 unspecified atom stereocenters. The molecule has 1 aromatic rings. The van der Waals surface area contributed by atoms with Gasteiger partial charge < -0.3 is 9.64 Å². The first-order valence-electron chi connectivity index (χ1n) is 7.86. The molecule has 3 aliphatic rings. The molecule has 7 nitrogen and oxygen atoms in total. The van der Waals surface area contributed by atoms with Crippen LogP contribution < -0.4 is 4.90 Å². The number of hydrogen-bond donors (Lipinski definition) is 0. The van der Waals surface area contributed by atoms with Crippen LogP contribution in [-0.2, 0) is 4.74 Å². The molecule has 3 saturated heterocycles. The fraction of sp³-hybridized carbons (Fsp3) is 0.562. The average Bonchev–Trinajstić information content (AvgIpc) is 2.44. The van der Waals surface area contributed by atoms with Gasteiger partial charge in [-0.1, -0.05) is 6.07 Å². The van der Waals surface area contributed by atoms with Gasteiger partial charge in [0.15, 0.2) is 0 Å². The fourth-order valence-corrected chi connectivity index (χ4v) is 3.31. The van der Waals surface area contributed by atoms with Crippen LogP contribution in [-0.4, -0.2) is 46.7 Å². The lowest BCUT2D eigenvalue weighted by Crippen LogP contribution is -2.70. The fourth-order valence-electron chi connectivity index (χ4n) is 3.31. The molecule has 3 fully saturated rings. The van der Waals surface area contributed by atoms with E-state index in [1.54, 1.807) is 9.80 Å². The number of anilines is 1. The van der Waals surface area contributed by atoms with Crippen LogP contribution in [0.15, 0.2) is 18.2 Å². The summed E-state index contributed by atoms with van der Waals surface area (Å²) in [7, 11) is 0. The highest BCUT2D eigenvalue weighted by atomic mass is 19.1. The zero-order valence-electron chi connectivity index (χ0n) is 13.9. The third kappa shape index (κ3) is 2.88. The van der Waals surface area contributed by atoms with Gasteiger partial charge in [0.05, 0.1) is 22.7 Å². The zero-order chi connectivity index (χ0) is 17.6. The maximum atomic E-state index is 14.3. The topological polar surface area (TPSA) is 75.9 Å². The van der Waals surface area contributed by atoms with E-state index in [1.807, 2.05) is 20.8 Å². The van der Waals surface area contributed by atoms with Crippen LogP contribution in [0.2, 0.25) is 0 Å². The van der Waals surface area contributed by atoms with Crippen LogP contribution in [0.1, 0.15) is 27.2 Å². The van der Waals surface area contributed by atoms with E-state index < -0.39 is 22.0 Å². The number of nitro benzene ring substituents is 1. The van der Waals surface area contributed by atoms with Gasteiger partial charge in [0.25, 0.3) is 0 Å². The molecule has 0 spiro atoms. The van der Waals surface area contributed by atoms with Crippen molar-refractivity contribution < 1.29 is 18.8 Å². The van der Waals surface area contributed by atoms with Crippen LogP contribution >= 0.6 is 0 Å². The van der Waals surface area contributed by atoms with E-state index in [2.05, 4.69) is 0 Å². The molecule has 4 rings (SSSR count). The van der Waals surface area contributed by atoms with Gasteiger partial charge in [0.1, 0.15) is 5.60 Å². The van der Waals surface area contributed by atoms with Gasteiger partial charge in [-0.2, -0.15) is 4.39 Å². The lowest BCUT2D eigenvalue weighted by atomic mass is 9.87. The van der Waals surface area contributed by atoms with E-state index >= 15 is 0 Å². The molecular weight excluding hydrogens is 317 g/mol. The number of nitro groups is 1. The first-order valence-corrected chi connectivity index (χ1v) is 7.86. The van der Waals surface area contributed by atoms with Crippen molar-refractivity contribution in [3.63, 3.8) is 0 Å². The summed E-state index contributed by atoms with van der Waals surface area (Å²) in [6.07, 6.45) is 0.481. The van der Waals surface area contributed by atoms with Gasteiger partial charge in [-0.25, -0.2) is 4.79 Å². The number of rotatable bonds is 2. The van der Waals surface area contributed by atoms with Crippen molar-refractivity contribution >= 4 is 17.5 Å². The molecule has 0 aliphatic carbocycles. The normalized spacial score (nSPS) is 22.8. The molecule has 1 amide bonds. The lowest BCUT2D eigenvalue weighted by Gasteiger charge is -2.56. The van der Waals surface area contributed by atoms with Crippen molar-refractivity contribution in [2.24, 2.45) is 0 Å². The van der Waals surface area contributed by atoms with E-state index in [9.17, 15) is 19.3 Å². The van der Waals surface area contributed by atoms with Crippen molar-refractivity contribution in [3.8, 4) is 0 Å². The number of fused-ring (bicyclic) bond motifs is 2. The van der Waals surface area contributed by atoms with Gasteiger partial charge in [0, 0.05) is 19.2 Å². The van der Waals surface area contributed by atoms with Crippen LogP contribution in [0.4, 0.5) is 20.6 Å². The monoisotopic (exact) mass is 337 g/mol. The van der Waals surface area contributed by atoms with E-state index in [1.165, 1.54) is 12.1 Å². The second-order valence-electron chi connectivity index (χ2n) is 7.20. The molecule has 2 atom stereocenters. The minimum Gasteiger partial charge on any atom is -0.444 e. The molecule has 1 aromatic carbocycles. The van der Waals surface area contributed by atoms with Crippen LogP contribution in [0, 0.1) is 15.9 Å². The Morgan fingerprint density at radius 2 is 1.96 bits per heavy atom. The number of halogens is 1. The summed E-state index contributed by atoms with van der Waals surface area (Å²) in [6.45, 7) is 6.31. The average molecular weight is 337 g/mol. The molecular formula is C16H20FN3O4. The Hall–Kier alpha value is -2.38. The highest BCUT2D eigenvalue weighted by molar-refractivity contribution is 5.71. The van der Waals surface area contributed by atoms with Crippen molar-refractivity contribution in [2.75, 3.05) is 18.0 Å². The Morgan fingerprint density at radius 3 is 2.50 bits per heavy atom. The van der Waals surface area contributed by atoms with Crippen molar-refractivity contribution in [1.82, 2.24) is 4.90 Å². The Balaban J connectivity index is 1.73. The first kappa shape index (κ1) is 16.5. The number of carbonyl (C=O) groups excluding carboxylic acids is 1. The van der Waals surface area contributed by atoms with E-state index in [4.69, 9.17) is 4.74 Å². The maximum Gasteiger partial charge on any atom is 0.410 e. The molecule has 8 heteroatoms. The van der Waals surface area contributed by atoms with Crippen LogP contribution in [0.5, 0.6) is 0 Å². The number of nitrogens with zero attached hydrogens (tertiary/aromatic N) is 3. The molecule has 0 radical (unpaired) electrons. The summed E-state index contributed by atoms with van der Waals surface area (Å²) in [4.78, 5) is 25.8. The minimum atomic E-state index is -0.826. The summed E-state index contributed by atoms with van der Waals surface area (Å²) in [5.74, 6) is -0.826. The summed E-state index contributed by atoms with van der Waals surface area (Å²) >= 11 is 0. The highest BCUT2D eigenvalue weighted by Crippen LogP contribution is 2.37. The Morgan fingerprint density at radius 1 is 1.33 bits per heavy atom. The largest absolute Gasteiger partial charge is 0.444 e. The maximum absolute atomic E-state index is 14.3. The molecule has 130 valence electrons. The number of benzene rings is 1. The predicted octanol–water partition coefficient (Wildman–Crippen LogP) is 2.93. The van der Waals surface area contributed by atoms with Crippen molar-refractivity contribution in [3.05, 3.63) is 34.1 Å². The second-order valence-corrected chi connectivity index (χ2v) is 7.20. The Kier molecular flexibility index (Phi) is 3.85. The van der Waals surface area contributed by atoms with E-state index in [0.717, 1.165) is 12.5 Å². The zero-order valence-corrected chi connectivity index (χ0v) is 13.9. The first-order chi connectivity index (χ1) is 11.2. The van der Waals surface area contributed by atoms with Gasteiger partial charge in [0.2, 0.25) is 5.82 Å². The third-order valence-electron chi connectivity index (χ3n) is 4.29. The van der Waals surface area contributed by atoms with E-state index in [-0.39, 0.29) is 23.9 Å². The van der Waals surface area contributed by atoms with Crippen LogP contribution in [0.3, 0.4) is 0 Å². The third-order valence-corrected chi connectivity index (χ3v) is 4.29. The quantitative estimate of drug-likeness (QED) is 0.612. The highest BCUT2D eigenvalue weighted by Gasteiger charge is 2.49. The number of hydrogen-bond acceptors (Lipinski definition) is 5. The van der Waals surface area contributed by atoms with Crippen LogP contribution in [0.25, 0.3) is 0 Å². The molecule has 3 aliphatic heterocycles. The van der Waals surface area contributed by atoms with E-state index in [0.29, 0.717) is 13.1 Å². The molecule has 2 bridgehead atoms. The summed E-state index contributed by atoms with van der Waals surface area (Å²) < 4.78 is 19.7. The van der Waals surface area contributed by atoms with Crippen molar-refractivity contribution in [1.29, 1.82) is 0 Å². The number of carbonyl (C=O) groups is 1. The van der Waals surface area contributed by atoms with Gasteiger partial charge in [-0.15, -0.1) is 0 Å². The Labute approximate surface area is 139 Å². The number of amides is 1. The standard InChI is InChI=1S/C16H20FN3O4/c1-16(2,3)24-15(21)19-10-7-11(19)9-18(8-10)12-5-4-6-13(14(12)17)20(22)23/h4-6,10-11H,7-9H2,1-3H3. The molecule has 0 N–H and O–H groups in total. The predicted molar refractivity (Wildman–Crippen MR) is 85.5 cm³/mol. The molecule has 0 aromatic heterocycles. The van der Waals surface area contributed by atoms with Gasteiger partial charge in [-0.3, -0.25) is 15.0 Å². The number of piperazine rings is 1. The SMILES string of the molecule is CC(C)(C)OC(=O)N1C2CC1CN(c1cccc([N+](=O)[O-])c1F)C2. The van der Waals surface area contributed by atoms with Gasteiger partial charge >= 0.3 is 11.8 Å². The van der Waals surface area contributed by atoms with Crippen molar-refractivity contribution in [2.45, 2.75) is 44.9 Å². The summed E-state index contributed by atoms with van der Waals surface area (Å²) in [5, 5.41) is 10.9. The second kappa shape index (κ2) is 5.61. The molecule has 0 saturated carbocycles. The summed E-state index contributed by atoms with van der Waals surface area (Å²) in [5.41, 5.74) is -0.884. The molecule has 24 heavy (non-hydrogen) atoms. The Bertz CT molecular complexity index is 676. The van der Waals surface area contributed by atoms with Gasteiger partial charge in [-0.05, 0) is 33.3 Å². The molecule has 3 heterocycles. The lowest BCUT2D eigenvalue weighted by molar-refractivity contribution is -0.387. The smallest absolute Gasteiger partial charge is 0.410 e. The number of piperidine rings is 1. The summed E-state index contributed by atoms with van der Waals surface area (Å²) in [6, 6.07) is 4.04. The number of ether oxygens (including phenoxy) is 1.